The lowest BCUT2D eigenvalue weighted by Crippen LogP contribution is -2.11. The topological polar surface area (TPSA) is 35.5 Å². The van der Waals surface area contributed by atoms with Crippen molar-refractivity contribution in [2.24, 2.45) is 0 Å². The molecule has 0 aliphatic carbocycles. The van der Waals surface area contributed by atoms with Crippen LogP contribution in [0.15, 0.2) is 18.2 Å². The number of Topliss-reactive ketones (excluding diaryl/α,β-unsaturated/α-hetero) is 1. The molecular weight excluding hydrogens is 261 g/mol. The molecule has 1 rings (SSSR count). The van der Waals surface area contributed by atoms with Crippen molar-refractivity contribution in [3.8, 4) is 5.75 Å². The van der Waals surface area contributed by atoms with E-state index in [-0.39, 0.29) is 31.0 Å². The van der Waals surface area contributed by atoms with Crippen LogP contribution in [0.5, 0.6) is 5.75 Å². The highest BCUT2D eigenvalue weighted by Gasteiger charge is 2.08. The summed E-state index contributed by atoms with van der Waals surface area (Å²) in [6, 6.07) is 4.24. The first-order valence-corrected chi connectivity index (χ1v) is 5.73. The van der Waals surface area contributed by atoms with Crippen molar-refractivity contribution in [1.82, 2.24) is 0 Å². The third-order valence-corrected chi connectivity index (χ3v) is 2.39. The van der Waals surface area contributed by atoms with Crippen molar-refractivity contribution in [3.05, 3.63) is 29.6 Å². The van der Waals surface area contributed by atoms with Crippen molar-refractivity contribution in [2.45, 2.75) is 19.3 Å². The monoisotopic (exact) mass is 276 g/mol. The smallest absolute Gasteiger partial charge is 0.261 e. The van der Waals surface area contributed by atoms with Gasteiger partial charge in [0.05, 0.1) is 13.7 Å². The Morgan fingerprint density at radius 3 is 2.68 bits per heavy atom. The van der Waals surface area contributed by atoms with Crippen molar-refractivity contribution in [2.75, 3.05) is 20.3 Å². The lowest BCUT2D eigenvalue weighted by atomic mass is 10.1. The number of hydrogen-bond acceptors (Lipinski definition) is 3. The highest BCUT2D eigenvalue weighted by molar-refractivity contribution is 5.80. The van der Waals surface area contributed by atoms with E-state index in [9.17, 15) is 18.0 Å². The zero-order valence-corrected chi connectivity index (χ0v) is 10.5. The maximum atomic E-state index is 13.4. The summed E-state index contributed by atoms with van der Waals surface area (Å²) in [5.74, 6) is -0.628. The normalized spacial score (nSPS) is 10.8. The molecule has 0 aliphatic heterocycles. The van der Waals surface area contributed by atoms with E-state index < -0.39 is 18.8 Å². The zero-order valence-electron chi connectivity index (χ0n) is 10.5. The Hall–Kier alpha value is -1.56. The maximum Gasteiger partial charge on any atom is 0.261 e. The number of benzene rings is 1. The van der Waals surface area contributed by atoms with E-state index in [4.69, 9.17) is 4.74 Å². The molecule has 19 heavy (non-hydrogen) atoms. The van der Waals surface area contributed by atoms with Gasteiger partial charge in [0, 0.05) is 12.8 Å². The Labute approximate surface area is 109 Å². The van der Waals surface area contributed by atoms with Gasteiger partial charge in [-0.3, -0.25) is 4.79 Å². The number of rotatable bonds is 8. The Kier molecular flexibility index (Phi) is 6.35. The second-order valence-corrected chi connectivity index (χ2v) is 3.90. The number of methoxy groups -OCH3 is 1. The molecule has 1 aromatic rings. The highest BCUT2D eigenvalue weighted by Crippen LogP contribution is 2.18. The molecular formula is C13H15F3O3. The van der Waals surface area contributed by atoms with Crippen LogP contribution in [0.25, 0.3) is 0 Å². The number of hydrogen-bond donors (Lipinski definition) is 0. The number of carbonyl (C=O) groups excluding carboxylic acids is 1. The SMILES string of the molecule is COc1ccc(CC(=O)CCOCC(F)F)cc1F. The third-order valence-electron chi connectivity index (χ3n) is 2.39. The van der Waals surface area contributed by atoms with Crippen LogP contribution in [0.3, 0.4) is 0 Å². The fraction of sp³-hybridized carbons (Fsp3) is 0.462. The summed E-state index contributed by atoms with van der Waals surface area (Å²) in [6.45, 7) is -0.730. The van der Waals surface area contributed by atoms with Gasteiger partial charge < -0.3 is 9.47 Å². The van der Waals surface area contributed by atoms with E-state index in [1.165, 1.54) is 19.2 Å². The molecule has 0 heterocycles. The van der Waals surface area contributed by atoms with Crippen molar-refractivity contribution < 1.29 is 27.4 Å². The molecule has 0 N–H and O–H groups in total. The average Bonchev–Trinajstić information content (AvgIpc) is 2.35. The Balaban J connectivity index is 2.38. The van der Waals surface area contributed by atoms with E-state index in [0.717, 1.165) is 0 Å². The van der Waals surface area contributed by atoms with Gasteiger partial charge in [-0.15, -0.1) is 0 Å². The fourth-order valence-corrected chi connectivity index (χ4v) is 1.49. The fourth-order valence-electron chi connectivity index (χ4n) is 1.49. The van der Waals surface area contributed by atoms with Gasteiger partial charge in [0.1, 0.15) is 12.4 Å². The first kappa shape index (κ1) is 15.5. The Bertz CT molecular complexity index is 422. The summed E-state index contributed by atoms with van der Waals surface area (Å²) < 4.78 is 46.2. The lowest BCUT2D eigenvalue weighted by molar-refractivity contribution is -0.119. The average molecular weight is 276 g/mol. The molecule has 3 nitrogen and oxygen atoms in total. The zero-order chi connectivity index (χ0) is 14.3. The molecule has 1 aromatic carbocycles. The van der Waals surface area contributed by atoms with Gasteiger partial charge in [-0.25, -0.2) is 13.2 Å². The third kappa shape index (κ3) is 5.74. The van der Waals surface area contributed by atoms with Crippen LogP contribution in [0.4, 0.5) is 13.2 Å². The predicted molar refractivity (Wildman–Crippen MR) is 63.1 cm³/mol. The van der Waals surface area contributed by atoms with Gasteiger partial charge in [0.25, 0.3) is 6.43 Å². The molecule has 0 aliphatic rings. The van der Waals surface area contributed by atoms with E-state index in [1.807, 2.05) is 0 Å². The van der Waals surface area contributed by atoms with Gasteiger partial charge in [-0.2, -0.15) is 0 Å². The molecule has 0 unspecified atom stereocenters. The van der Waals surface area contributed by atoms with Gasteiger partial charge in [0.2, 0.25) is 0 Å². The Morgan fingerprint density at radius 1 is 1.37 bits per heavy atom. The van der Waals surface area contributed by atoms with Crippen LogP contribution >= 0.6 is 0 Å². The van der Waals surface area contributed by atoms with E-state index in [0.29, 0.717) is 5.56 Å². The molecule has 0 bridgehead atoms. The predicted octanol–water partition coefficient (Wildman–Crippen LogP) is 2.62. The minimum absolute atomic E-state index is 0.0281. The van der Waals surface area contributed by atoms with E-state index >= 15 is 0 Å². The molecule has 106 valence electrons. The van der Waals surface area contributed by atoms with Gasteiger partial charge >= 0.3 is 0 Å². The molecule has 0 fully saturated rings. The largest absolute Gasteiger partial charge is 0.494 e. The van der Waals surface area contributed by atoms with Crippen LogP contribution < -0.4 is 4.74 Å². The van der Waals surface area contributed by atoms with E-state index in [2.05, 4.69) is 4.74 Å². The summed E-state index contributed by atoms with van der Waals surface area (Å²) in [7, 11) is 1.35. The van der Waals surface area contributed by atoms with Crippen molar-refractivity contribution in [3.63, 3.8) is 0 Å². The van der Waals surface area contributed by atoms with Crippen molar-refractivity contribution in [1.29, 1.82) is 0 Å². The van der Waals surface area contributed by atoms with Crippen molar-refractivity contribution >= 4 is 5.78 Å². The van der Waals surface area contributed by atoms with Crippen LogP contribution in [0, 0.1) is 5.82 Å². The first-order valence-electron chi connectivity index (χ1n) is 5.73. The number of ether oxygens (including phenoxy) is 2. The summed E-state index contributed by atoms with van der Waals surface area (Å²) in [5, 5.41) is 0. The summed E-state index contributed by atoms with van der Waals surface area (Å²) >= 11 is 0. The maximum absolute atomic E-state index is 13.4. The molecule has 0 aromatic heterocycles. The summed E-state index contributed by atoms with van der Waals surface area (Å²) in [5.41, 5.74) is 0.511. The number of ketones is 1. The molecule has 0 saturated heterocycles. The minimum atomic E-state index is -2.54. The lowest BCUT2D eigenvalue weighted by Gasteiger charge is -2.05. The van der Waals surface area contributed by atoms with Crippen LogP contribution in [0.2, 0.25) is 0 Å². The molecule has 0 amide bonds. The van der Waals surface area contributed by atoms with Gasteiger partial charge in [-0.05, 0) is 17.7 Å². The molecule has 0 atom stereocenters. The summed E-state index contributed by atoms with van der Waals surface area (Å²) in [6.07, 6.45) is -2.47. The number of halogens is 3. The highest BCUT2D eigenvalue weighted by atomic mass is 19.3. The van der Waals surface area contributed by atoms with Gasteiger partial charge in [-0.1, -0.05) is 6.07 Å². The van der Waals surface area contributed by atoms with Crippen LogP contribution in [-0.2, 0) is 16.0 Å². The van der Waals surface area contributed by atoms with Gasteiger partial charge in [0.15, 0.2) is 11.6 Å². The Morgan fingerprint density at radius 2 is 2.11 bits per heavy atom. The molecule has 0 spiro atoms. The minimum Gasteiger partial charge on any atom is -0.494 e. The van der Waals surface area contributed by atoms with Crippen LogP contribution in [0.1, 0.15) is 12.0 Å². The second-order valence-electron chi connectivity index (χ2n) is 3.90. The molecule has 6 heteroatoms. The molecule has 0 radical (unpaired) electrons. The van der Waals surface area contributed by atoms with Crippen LogP contribution in [-0.4, -0.2) is 32.5 Å². The van der Waals surface area contributed by atoms with E-state index in [1.54, 1.807) is 6.07 Å². The second kappa shape index (κ2) is 7.78. The first-order chi connectivity index (χ1) is 9.02. The number of alkyl halides is 2. The quantitative estimate of drug-likeness (QED) is 0.685. The molecule has 0 saturated carbocycles. The number of carbonyl (C=O) groups is 1. The standard InChI is InChI=1S/C13H15F3O3/c1-18-12-3-2-9(7-11(12)14)6-10(17)4-5-19-8-13(15)16/h2-3,7,13H,4-6,8H2,1H3. The summed E-state index contributed by atoms with van der Waals surface area (Å²) in [4.78, 5) is 11.5.